The van der Waals surface area contributed by atoms with Crippen LogP contribution in [0, 0.1) is 6.92 Å². The number of nitrogens with one attached hydrogen (secondary N) is 1. The molecule has 66 valence electrons. The quantitative estimate of drug-likeness (QED) is 0.685. The molecule has 0 radical (unpaired) electrons. The van der Waals surface area contributed by atoms with Gasteiger partial charge in [0.15, 0.2) is 0 Å². The number of fused-ring (bicyclic) bond motifs is 1. The van der Waals surface area contributed by atoms with Crippen molar-refractivity contribution < 1.29 is 0 Å². The average Bonchev–Trinajstić information content (AvgIpc) is 2.08. The van der Waals surface area contributed by atoms with Gasteiger partial charge in [0.05, 0.1) is 0 Å². The highest BCUT2D eigenvalue weighted by molar-refractivity contribution is 6.32. The summed E-state index contributed by atoms with van der Waals surface area (Å²) in [5.74, 6) is 0. The van der Waals surface area contributed by atoms with Crippen LogP contribution in [0.1, 0.15) is 5.56 Å². The van der Waals surface area contributed by atoms with Crippen LogP contribution in [0.2, 0.25) is 5.02 Å². The van der Waals surface area contributed by atoms with Gasteiger partial charge in [-0.05, 0) is 36.1 Å². The maximum absolute atomic E-state index is 11.0. The van der Waals surface area contributed by atoms with E-state index < -0.39 is 0 Å². The molecule has 0 fully saturated rings. The van der Waals surface area contributed by atoms with Gasteiger partial charge in [-0.1, -0.05) is 11.6 Å². The molecule has 0 amide bonds. The van der Waals surface area contributed by atoms with E-state index in [9.17, 15) is 4.79 Å². The summed E-state index contributed by atoms with van der Waals surface area (Å²) >= 11 is 5.92. The van der Waals surface area contributed by atoms with Crippen LogP contribution in [0.3, 0.4) is 0 Å². The largest absolute Gasteiger partial charge is 0.322 e. The highest BCUT2D eigenvalue weighted by atomic mass is 35.5. The Morgan fingerprint density at radius 3 is 2.85 bits per heavy atom. The van der Waals surface area contributed by atoms with Gasteiger partial charge < -0.3 is 4.98 Å². The lowest BCUT2D eigenvalue weighted by atomic mass is 10.1. The van der Waals surface area contributed by atoms with Crippen LogP contribution < -0.4 is 5.56 Å². The zero-order valence-corrected chi connectivity index (χ0v) is 7.85. The van der Waals surface area contributed by atoms with Crippen LogP contribution in [-0.4, -0.2) is 4.98 Å². The number of benzene rings is 1. The SMILES string of the molecule is Cc1cc2ccc(=O)[nH]c2cc1Cl. The second-order valence-corrected chi connectivity index (χ2v) is 3.42. The van der Waals surface area contributed by atoms with Gasteiger partial charge in [-0.3, -0.25) is 4.79 Å². The number of rotatable bonds is 0. The Morgan fingerprint density at radius 2 is 2.08 bits per heavy atom. The lowest BCUT2D eigenvalue weighted by molar-refractivity contribution is 1.30. The van der Waals surface area contributed by atoms with E-state index >= 15 is 0 Å². The van der Waals surface area contributed by atoms with E-state index in [1.807, 2.05) is 13.0 Å². The molecule has 1 heterocycles. The molecule has 1 aromatic carbocycles. The van der Waals surface area contributed by atoms with E-state index in [2.05, 4.69) is 4.98 Å². The molecular weight excluding hydrogens is 186 g/mol. The topological polar surface area (TPSA) is 32.9 Å². The molecule has 0 saturated heterocycles. The number of aromatic nitrogens is 1. The van der Waals surface area contributed by atoms with Gasteiger partial charge in [0, 0.05) is 16.6 Å². The average molecular weight is 194 g/mol. The molecule has 2 rings (SSSR count). The fourth-order valence-electron chi connectivity index (χ4n) is 1.29. The summed E-state index contributed by atoms with van der Waals surface area (Å²) in [6, 6.07) is 7.02. The number of hydrogen-bond acceptors (Lipinski definition) is 1. The normalized spacial score (nSPS) is 10.6. The summed E-state index contributed by atoms with van der Waals surface area (Å²) in [5.41, 5.74) is 1.69. The Balaban J connectivity index is 2.89. The van der Waals surface area contributed by atoms with Crippen molar-refractivity contribution in [3.8, 4) is 0 Å². The van der Waals surface area contributed by atoms with Crippen molar-refractivity contribution in [3.05, 3.63) is 45.2 Å². The van der Waals surface area contributed by atoms with Crippen LogP contribution in [0.5, 0.6) is 0 Å². The third-order valence-corrected chi connectivity index (χ3v) is 2.41. The number of pyridine rings is 1. The third kappa shape index (κ3) is 1.45. The number of aromatic amines is 1. The lowest BCUT2D eigenvalue weighted by Gasteiger charge is -2.00. The number of aryl methyl sites for hydroxylation is 1. The van der Waals surface area contributed by atoms with Crippen molar-refractivity contribution in [2.45, 2.75) is 6.92 Å². The Bertz CT molecular complexity index is 516. The van der Waals surface area contributed by atoms with E-state index in [1.165, 1.54) is 6.07 Å². The summed E-state index contributed by atoms with van der Waals surface area (Å²) < 4.78 is 0. The monoisotopic (exact) mass is 193 g/mol. The molecule has 0 bridgehead atoms. The van der Waals surface area contributed by atoms with Gasteiger partial charge in [0.2, 0.25) is 5.56 Å². The molecular formula is C10H8ClNO. The van der Waals surface area contributed by atoms with E-state index in [0.29, 0.717) is 5.02 Å². The predicted octanol–water partition coefficient (Wildman–Crippen LogP) is 2.49. The Kier molecular flexibility index (Phi) is 1.85. The van der Waals surface area contributed by atoms with Crippen LogP contribution in [0.15, 0.2) is 29.1 Å². The number of halogens is 1. The minimum absolute atomic E-state index is 0.104. The molecule has 13 heavy (non-hydrogen) atoms. The lowest BCUT2D eigenvalue weighted by Crippen LogP contribution is -2.02. The molecule has 3 heteroatoms. The predicted molar refractivity (Wildman–Crippen MR) is 54.3 cm³/mol. The maximum atomic E-state index is 11.0. The van der Waals surface area contributed by atoms with Gasteiger partial charge in [0.1, 0.15) is 0 Å². The summed E-state index contributed by atoms with van der Waals surface area (Å²) in [6.45, 7) is 1.94. The Labute approximate surface area is 80.2 Å². The van der Waals surface area contributed by atoms with E-state index in [0.717, 1.165) is 16.5 Å². The second kappa shape index (κ2) is 2.89. The fourth-order valence-corrected chi connectivity index (χ4v) is 1.45. The summed E-state index contributed by atoms with van der Waals surface area (Å²) in [5, 5.41) is 1.68. The van der Waals surface area contributed by atoms with Crippen molar-refractivity contribution >= 4 is 22.5 Å². The highest BCUT2D eigenvalue weighted by Gasteiger charge is 1.98. The minimum Gasteiger partial charge on any atom is -0.322 e. The molecule has 2 aromatic rings. The number of hydrogen-bond donors (Lipinski definition) is 1. The van der Waals surface area contributed by atoms with Gasteiger partial charge in [-0.2, -0.15) is 0 Å². The maximum Gasteiger partial charge on any atom is 0.248 e. The van der Waals surface area contributed by atoms with E-state index in [-0.39, 0.29) is 5.56 Å². The molecule has 0 atom stereocenters. The molecule has 1 aromatic heterocycles. The smallest absolute Gasteiger partial charge is 0.248 e. The van der Waals surface area contributed by atoms with Crippen molar-refractivity contribution in [1.82, 2.24) is 4.98 Å². The Hall–Kier alpha value is -1.28. The molecule has 0 saturated carbocycles. The molecule has 0 aliphatic rings. The first-order valence-electron chi connectivity index (χ1n) is 3.96. The van der Waals surface area contributed by atoms with Crippen molar-refractivity contribution in [2.75, 3.05) is 0 Å². The first-order chi connectivity index (χ1) is 6.16. The standard InChI is InChI=1S/C10H8ClNO/c1-6-4-7-2-3-10(13)12-9(7)5-8(6)11/h2-5H,1H3,(H,12,13). The highest BCUT2D eigenvalue weighted by Crippen LogP contribution is 2.20. The third-order valence-electron chi connectivity index (χ3n) is 2.00. The van der Waals surface area contributed by atoms with Crippen LogP contribution >= 0.6 is 11.6 Å². The fraction of sp³-hybridized carbons (Fsp3) is 0.100. The molecule has 0 spiro atoms. The molecule has 0 aliphatic heterocycles. The molecule has 0 aliphatic carbocycles. The first kappa shape index (κ1) is 8.32. The van der Waals surface area contributed by atoms with Gasteiger partial charge in [-0.25, -0.2) is 0 Å². The summed E-state index contributed by atoms with van der Waals surface area (Å²) in [7, 11) is 0. The first-order valence-corrected chi connectivity index (χ1v) is 4.34. The van der Waals surface area contributed by atoms with Crippen LogP contribution in [-0.2, 0) is 0 Å². The van der Waals surface area contributed by atoms with Gasteiger partial charge >= 0.3 is 0 Å². The van der Waals surface area contributed by atoms with Gasteiger partial charge in [0.25, 0.3) is 0 Å². The molecule has 0 unspecified atom stereocenters. The summed E-state index contributed by atoms with van der Waals surface area (Å²) in [4.78, 5) is 13.7. The summed E-state index contributed by atoms with van der Waals surface area (Å²) in [6.07, 6.45) is 0. The second-order valence-electron chi connectivity index (χ2n) is 3.01. The zero-order valence-electron chi connectivity index (χ0n) is 7.10. The van der Waals surface area contributed by atoms with E-state index in [1.54, 1.807) is 12.1 Å². The minimum atomic E-state index is -0.104. The van der Waals surface area contributed by atoms with Crippen LogP contribution in [0.4, 0.5) is 0 Å². The van der Waals surface area contributed by atoms with Crippen molar-refractivity contribution in [3.63, 3.8) is 0 Å². The van der Waals surface area contributed by atoms with Crippen LogP contribution in [0.25, 0.3) is 10.9 Å². The Morgan fingerprint density at radius 1 is 1.31 bits per heavy atom. The van der Waals surface area contributed by atoms with Gasteiger partial charge in [-0.15, -0.1) is 0 Å². The number of H-pyrrole nitrogens is 1. The van der Waals surface area contributed by atoms with Crippen molar-refractivity contribution in [2.24, 2.45) is 0 Å². The molecule has 2 nitrogen and oxygen atoms in total. The molecule has 1 N–H and O–H groups in total. The zero-order chi connectivity index (χ0) is 9.42. The van der Waals surface area contributed by atoms with E-state index in [4.69, 9.17) is 11.6 Å². The van der Waals surface area contributed by atoms with Crippen molar-refractivity contribution in [1.29, 1.82) is 0 Å².